The first-order valence-corrected chi connectivity index (χ1v) is 11.4. The molecular formula is C26H31N3O7. The summed E-state index contributed by atoms with van der Waals surface area (Å²) in [6, 6.07) is 12.0. The van der Waals surface area contributed by atoms with Crippen molar-refractivity contribution < 1.29 is 33.4 Å². The second-order valence-electron chi connectivity index (χ2n) is 9.40. The van der Waals surface area contributed by atoms with E-state index in [2.05, 4.69) is 31.5 Å². The summed E-state index contributed by atoms with van der Waals surface area (Å²) in [5.41, 5.74) is 4.32. The van der Waals surface area contributed by atoms with Crippen molar-refractivity contribution in [3.05, 3.63) is 53.6 Å². The van der Waals surface area contributed by atoms with E-state index in [4.69, 9.17) is 14.2 Å². The van der Waals surface area contributed by atoms with Gasteiger partial charge in [-0.2, -0.15) is 0 Å². The molecule has 0 saturated carbocycles. The molecule has 10 heteroatoms. The van der Waals surface area contributed by atoms with Crippen LogP contribution in [0.25, 0.3) is 0 Å². The third kappa shape index (κ3) is 6.53. The predicted molar refractivity (Wildman–Crippen MR) is 132 cm³/mol. The van der Waals surface area contributed by atoms with Crippen molar-refractivity contribution in [1.82, 2.24) is 10.4 Å². The quantitative estimate of drug-likeness (QED) is 0.538. The molecule has 1 heterocycles. The minimum atomic E-state index is -0.805. The van der Waals surface area contributed by atoms with Crippen LogP contribution < -0.4 is 20.2 Å². The second kappa shape index (κ2) is 11.1. The monoisotopic (exact) mass is 497 g/mol. The molecular weight excluding hydrogens is 466 g/mol. The van der Waals surface area contributed by atoms with Crippen molar-refractivity contribution in [3.63, 3.8) is 0 Å². The number of nitrogens with zero attached hydrogens (tertiary/aromatic N) is 1. The number of carbonyl (C=O) groups is 4. The third-order valence-corrected chi connectivity index (χ3v) is 5.73. The summed E-state index contributed by atoms with van der Waals surface area (Å²) < 4.78 is 15.4. The summed E-state index contributed by atoms with van der Waals surface area (Å²) in [5.74, 6) is -2.03. The van der Waals surface area contributed by atoms with Crippen LogP contribution in [0, 0.1) is 5.92 Å². The smallest absolute Gasteiger partial charge is 0.311 e. The van der Waals surface area contributed by atoms with Crippen LogP contribution in [0.1, 0.15) is 43.1 Å². The summed E-state index contributed by atoms with van der Waals surface area (Å²) in [5, 5.41) is 3.71. The second-order valence-corrected chi connectivity index (χ2v) is 9.40. The lowest BCUT2D eigenvalue weighted by Gasteiger charge is -2.20. The molecule has 0 radical (unpaired) electrons. The Morgan fingerprint density at radius 1 is 1.03 bits per heavy atom. The van der Waals surface area contributed by atoms with Crippen LogP contribution >= 0.6 is 0 Å². The number of ether oxygens (including phenoxy) is 3. The minimum Gasteiger partial charge on any atom is -0.497 e. The number of carbonyl (C=O) groups excluding carboxylic acids is 4. The summed E-state index contributed by atoms with van der Waals surface area (Å²) in [4.78, 5) is 49.7. The molecule has 2 N–H and O–H groups in total. The number of esters is 1. The molecule has 2 aromatic carbocycles. The average molecular weight is 498 g/mol. The Bertz CT molecular complexity index is 1140. The maximum atomic E-state index is 12.6. The molecule has 3 amide bonds. The summed E-state index contributed by atoms with van der Waals surface area (Å²) in [7, 11) is 2.95. The van der Waals surface area contributed by atoms with Gasteiger partial charge in [-0.1, -0.05) is 32.9 Å². The summed E-state index contributed by atoms with van der Waals surface area (Å²) in [6.07, 6.45) is -0.132. The maximum Gasteiger partial charge on any atom is 0.311 e. The van der Waals surface area contributed by atoms with E-state index in [1.165, 1.54) is 14.2 Å². The normalized spacial score (nSPS) is 15.3. The summed E-state index contributed by atoms with van der Waals surface area (Å²) in [6.45, 7) is 5.63. The van der Waals surface area contributed by atoms with Crippen molar-refractivity contribution in [2.75, 3.05) is 32.7 Å². The van der Waals surface area contributed by atoms with Gasteiger partial charge in [0.1, 0.15) is 11.5 Å². The van der Waals surface area contributed by atoms with Gasteiger partial charge in [-0.05, 0) is 35.2 Å². The molecule has 3 rings (SSSR count). The standard InChI is InChI=1S/C26H31N3O7/c1-26(2,3)18-8-6-16(7-9-18)24(32)28-29-14-17(12-23(29)31)25(33)36-15-22(30)27-20-13-19(34-4)10-11-21(20)35-5/h6-11,13,17H,12,14-15H2,1-5H3,(H,27,30)(H,28,32)/t17-/m0/s1. The van der Waals surface area contributed by atoms with E-state index < -0.39 is 36.2 Å². The Morgan fingerprint density at radius 2 is 1.72 bits per heavy atom. The number of hydrazine groups is 1. The lowest BCUT2D eigenvalue weighted by Crippen LogP contribution is -2.43. The van der Waals surface area contributed by atoms with Crippen LogP contribution in [0.15, 0.2) is 42.5 Å². The molecule has 36 heavy (non-hydrogen) atoms. The van der Waals surface area contributed by atoms with Crippen LogP contribution in [0.3, 0.4) is 0 Å². The van der Waals surface area contributed by atoms with Crippen LogP contribution in [0.5, 0.6) is 11.5 Å². The number of benzene rings is 2. The number of hydrogen-bond donors (Lipinski definition) is 2. The zero-order valence-corrected chi connectivity index (χ0v) is 21.0. The van der Waals surface area contributed by atoms with Crippen molar-refractivity contribution in [2.24, 2.45) is 5.92 Å². The van der Waals surface area contributed by atoms with Gasteiger partial charge in [-0.15, -0.1) is 0 Å². The van der Waals surface area contributed by atoms with Crippen molar-refractivity contribution >= 4 is 29.4 Å². The molecule has 1 aliphatic heterocycles. The Balaban J connectivity index is 1.51. The zero-order chi connectivity index (χ0) is 26.5. The zero-order valence-electron chi connectivity index (χ0n) is 21.0. The molecule has 1 aliphatic rings. The third-order valence-electron chi connectivity index (χ3n) is 5.73. The Hall–Kier alpha value is -4.08. The Labute approximate surface area is 209 Å². The molecule has 1 saturated heterocycles. The van der Waals surface area contributed by atoms with Crippen molar-refractivity contribution in [1.29, 1.82) is 0 Å². The minimum absolute atomic E-state index is 0.0468. The van der Waals surface area contributed by atoms with Gasteiger partial charge in [0.2, 0.25) is 5.91 Å². The van der Waals surface area contributed by atoms with E-state index in [0.717, 1.165) is 10.6 Å². The molecule has 0 bridgehead atoms. The Kier molecular flexibility index (Phi) is 8.18. The van der Waals surface area contributed by atoms with Gasteiger partial charge in [0.15, 0.2) is 6.61 Å². The van der Waals surface area contributed by atoms with E-state index in [9.17, 15) is 19.2 Å². The lowest BCUT2D eigenvalue weighted by atomic mass is 9.87. The van der Waals surface area contributed by atoms with Crippen molar-refractivity contribution in [2.45, 2.75) is 32.6 Å². The Morgan fingerprint density at radius 3 is 2.33 bits per heavy atom. The van der Waals surface area contributed by atoms with Gasteiger partial charge in [0, 0.05) is 18.1 Å². The largest absolute Gasteiger partial charge is 0.497 e. The topological polar surface area (TPSA) is 123 Å². The number of hydrogen-bond acceptors (Lipinski definition) is 7. The van der Waals surface area contributed by atoms with E-state index in [1.807, 2.05) is 12.1 Å². The van der Waals surface area contributed by atoms with Crippen LogP contribution in [0.2, 0.25) is 0 Å². The molecule has 1 atom stereocenters. The molecule has 0 unspecified atom stereocenters. The molecule has 0 aromatic heterocycles. The molecule has 10 nitrogen and oxygen atoms in total. The first-order valence-electron chi connectivity index (χ1n) is 11.4. The van der Waals surface area contributed by atoms with Gasteiger partial charge in [0.05, 0.1) is 32.4 Å². The molecule has 2 aromatic rings. The molecule has 1 fully saturated rings. The molecule has 192 valence electrons. The van der Waals surface area contributed by atoms with Gasteiger partial charge in [-0.3, -0.25) is 29.6 Å². The van der Waals surface area contributed by atoms with Crippen LogP contribution in [-0.4, -0.2) is 56.1 Å². The highest BCUT2D eigenvalue weighted by molar-refractivity contribution is 5.97. The van der Waals surface area contributed by atoms with Gasteiger partial charge < -0.3 is 19.5 Å². The average Bonchev–Trinajstić information content (AvgIpc) is 3.22. The first kappa shape index (κ1) is 26.5. The first-order chi connectivity index (χ1) is 17.0. The van der Waals surface area contributed by atoms with Crippen LogP contribution in [0.4, 0.5) is 5.69 Å². The predicted octanol–water partition coefficient (Wildman–Crippen LogP) is 2.68. The van der Waals surface area contributed by atoms with E-state index in [-0.39, 0.29) is 18.4 Å². The number of anilines is 1. The highest BCUT2D eigenvalue weighted by Crippen LogP contribution is 2.29. The van der Waals surface area contributed by atoms with E-state index >= 15 is 0 Å². The van der Waals surface area contributed by atoms with Gasteiger partial charge >= 0.3 is 5.97 Å². The van der Waals surface area contributed by atoms with Crippen molar-refractivity contribution in [3.8, 4) is 11.5 Å². The fourth-order valence-electron chi connectivity index (χ4n) is 3.63. The molecule has 0 aliphatic carbocycles. The molecule has 0 spiro atoms. The summed E-state index contributed by atoms with van der Waals surface area (Å²) >= 11 is 0. The highest BCUT2D eigenvalue weighted by atomic mass is 16.5. The lowest BCUT2D eigenvalue weighted by molar-refractivity contribution is -0.151. The van der Waals surface area contributed by atoms with E-state index in [0.29, 0.717) is 22.7 Å². The van der Waals surface area contributed by atoms with E-state index in [1.54, 1.807) is 30.3 Å². The van der Waals surface area contributed by atoms with Crippen LogP contribution in [-0.2, 0) is 24.5 Å². The number of rotatable bonds is 8. The fraction of sp³-hybridized carbons (Fsp3) is 0.385. The van der Waals surface area contributed by atoms with Gasteiger partial charge in [0.25, 0.3) is 11.8 Å². The van der Waals surface area contributed by atoms with Gasteiger partial charge in [-0.25, -0.2) is 0 Å². The number of amides is 3. The fourth-order valence-corrected chi connectivity index (χ4v) is 3.63. The maximum absolute atomic E-state index is 12.6. The number of nitrogens with one attached hydrogen (secondary N) is 2. The SMILES string of the molecule is COc1ccc(OC)c(NC(=O)COC(=O)[C@H]2CC(=O)N(NC(=O)c3ccc(C(C)(C)C)cc3)C2)c1. The number of methoxy groups -OCH3 is 2. The highest BCUT2D eigenvalue weighted by Gasteiger charge is 2.36.